The third kappa shape index (κ3) is 2.49. The molecule has 0 amide bonds. The van der Waals surface area contributed by atoms with Crippen LogP contribution in [0.4, 0.5) is 0 Å². The standard InChI is InChI=1S/C15H24N2O3S/c1-14(2,6-7-16)11-21(18,19)17-10-15(4-3-5-15)12-8-20-9-13(12)17/h12-13H,3-6,8-11H2,1-2H3/t12-,13-/m1/s1. The van der Waals surface area contributed by atoms with E-state index in [1.54, 1.807) is 4.31 Å². The first kappa shape index (κ1) is 15.3. The molecular formula is C15H24N2O3S. The summed E-state index contributed by atoms with van der Waals surface area (Å²) in [5.41, 5.74) is -0.328. The van der Waals surface area contributed by atoms with Gasteiger partial charge in [0.2, 0.25) is 10.0 Å². The van der Waals surface area contributed by atoms with Gasteiger partial charge >= 0.3 is 0 Å². The van der Waals surface area contributed by atoms with Crippen LogP contribution in [0.2, 0.25) is 0 Å². The van der Waals surface area contributed by atoms with Crippen molar-refractivity contribution in [3.05, 3.63) is 0 Å². The fraction of sp³-hybridized carbons (Fsp3) is 0.933. The summed E-state index contributed by atoms with van der Waals surface area (Å²) in [6.45, 7) is 5.61. The second kappa shape index (κ2) is 4.94. The van der Waals surface area contributed by atoms with Gasteiger partial charge in [0.25, 0.3) is 0 Å². The first-order valence-corrected chi connectivity index (χ1v) is 9.35. The summed E-state index contributed by atoms with van der Waals surface area (Å²) < 4.78 is 33.0. The van der Waals surface area contributed by atoms with Gasteiger partial charge in [-0.1, -0.05) is 20.3 Å². The first-order valence-electron chi connectivity index (χ1n) is 7.74. The maximum absolute atomic E-state index is 12.9. The molecule has 2 aliphatic heterocycles. The van der Waals surface area contributed by atoms with Gasteiger partial charge < -0.3 is 4.74 Å². The van der Waals surface area contributed by atoms with E-state index in [2.05, 4.69) is 6.07 Å². The molecule has 1 saturated carbocycles. The van der Waals surface area contributed by atoms with Gasteiger partial charge in [-0.2, -0.15) is 9.57 Å². The molecule has 0 radical (unpaired) electrons. The largest absolute Gasteiger partial charge is 0.379 e. The number of ether oxygens (including phenoxy) is 1. The molecule has 0 aromatic carbocycles. The van der Waals surface area contributed by atoms with E-state index in [0.717, 1.165) is 12.8 Å². The van der Waals surface area contributed by atoms with Gasteiger partial charge in [-0.3, -0.25) is 0 Å². The molecular weight excluding hydrogens is 288 g/mol. The molecule has 3 fully saturated rings. The minimum atomic E-state index is -3.34. The van der Waals surface area contributed by atoms with Crippen LogP contribution in [0.3, 0.4) is 0 Å². The Morgan fingerprint density at radius 3 is 2.67 bits per heavy atom. The molecule has 3 rings (SSSR count). The lowest BCUT2D eigenvalue weighted by atomic mass is 9.62. The molecule has 1 spiro atoms. The maximum Gasteiger partial charge on any atom is 0.215 e. The Hall–Kier alpha value is -0.640. The summed E-state index contributed by atoms with van der Waals surface area (Å²) in [5, 5.41) is 8.87. The van der Waals surface area contributed by atoms with Gasteiger partial charge in [-0.05, 0) is 23.7 Å². The predicted molar refractivity (Wildman–Crippen MR) is 78.9 cm³/mol. The second-order valence-corrected chi connectivity index (χ2v) is 9.65. The Morgan fingerprint density at radius 2 is 2.10 bits per heavy atom. The SMILES string of the molecule is CC(C)(CC#N)CS(=O)(=O)N1CC2(CCC2)[C@@H]2COC[C@H]21. The number of hydrogen-bond donors (Lipinski definition) is 0. The van der Waals surface area contributed by atoms with Gasteiger partial charge in [0.1, 0.15) is 0 Å². The monoisotopic (exact) mass is 312 g/mol. The lowest BCUT2D eigenvalue weighted by molar-refractivity contribution is 0.0600. The second-order valence-electron chi connectivity index (χ2n) is 7.73. The van der Waals surface area contributed by atoms with Crippen molar-refractivity contribution in [3.8, 4) is 6.07 Å². The number of rotatable bonds is 4. The van der Waals surface area contributed by atoms with Crippen LogP contribution in [0.15, 0.2) is 0 Å². The van der Waals surface area contributed by atoms with Gasteiger partial charge in [0.15, 0.2) is 0 Å². The van der Waals surface area contributed by atoms with Crippen molar-refractivity contribution in [2.45, 2.75) is 45.6 Å². The molecule has 2 atom stereocenters. The zero-order valence-electron chi connectivity index (χ0n) is 12.8. The van der Waals surface area contributed by atoms with E-state index in [0.29, 0.717) is 25.7 Å². The Bertz CT molecular complexity index is 560. The van der Waals surface area contributed by atoms with E-state index in [1.165, 1.54) is 6.42 Å². The Morgan fingerprint density at radius 1 is 1.38 bits per heavy atom. The van der Waals surface area contributed by atoms with Crippen LogP contribution >= 0.6 is 0 Å². The lowest BCUT2D eigenvalue weighted by Crippen LogP contribution is -2.43. The van der Waals surface area contributed by atoms with Crippen LogP contribution in [0, 0.1) is 28.1 Å². The van der Waals surface area contributed by atoms with Crippen molar-refractivity contribution >= 4 is 10.0 Å². The number of fused-ring (bicyclic) bond motifs is 2. The first-order chi connectivity index (χ1) is 9.80. The van der Waals surface area contributed by atoms with Gasteiger partial charge in [0.05, 0.1) is 31.1 Å². The molecule has 5 nitrogen and oxygen atoms in total. The highest BCUT2D eigenvalue weighted by Gasteiger charge is 2.60. The smallest absolute Gasteiger partial charge is 0.215 e. The van der Waals surface area contributed by atoms with E-state index < -0.39 is 15.4 Å². The lowest BCUT2D eigenvalue weighted by Gasteiger charge is -2.42. The van der Waals surface area contributed by atoms with Crippen LogP contribution in [0.5, 0.6) is 0 Å². The highest BCUT2D eigenvalue weighted by Crippen LogP contribution is 2.56. The zero-order valence-corrected chi connectivity index (χ0v) is 13.7. The van der Waals surface area contributed by atoms with E-state index in [4.69, 9.17) is 10.00 Å². The van der Waals surface area contributed by atoms with Crippen molar-refractivity contribution in [2.75, 3.05) is 25.5 Å². The Labute approximate surface area is 127 Å². The van der Waals surface area contributed by atoms with Crippen LogP contribution < -0.4 is 0 Å². The minimum absolute atomic E-state index is 0.0215. The Balaban J connectivity index is 1.81. The third-order valence-electron chi connectivity index (χ3n) is 5.52. The molecule has 0 bridgehead atoms. The zero-order chi connectivity index (χ0) is 15.3. The summed E-state index contributed by atoms with van der Waals surface area (Å²) in [7, 11) is -3.34. The summed E-state index contributed by atoms with van der Waals surface area (Å²) in [4.78, 5) is 0. The molecule has 0 N–H and O–H groups in total. The molecule has 3 aliphatic rings. The van der Waals surface area contributed by atoms with Gasteiger partial charge in [-0.25, -0.2) is 8.42 Å². The quantitative estimate of drug-likeness (QED) is 0.793. The predicted octanol–water partition coefficient (Wildman–Crippen LogP) is 1.76. The molecule has 21 heavy (non-hydrogen) atoms. The normalized spacial score (nSPS) is 31.9. The van der Waals surface area contributed by atoms with Crippen LogP contribution in [0.1, 0.15) is 39.5 Å². The Kier molecular flexibility index (Phi) is 3.59. The average Bonchev–Trinajstić information content (AvgIpc) is 2.83. The highest BCUT2D eigenvalue weighted by atomic mass is 32.2. The van der Waals surface area contributed by atoms with Crippen LogP contribution in [-0.2, 0) is 14.8 Å². The number of nitriles is 1. The highest BCUT2D eigenvalue weighted by molar-refractivity contribution is 7.89. The number of hydrogen-bond acceptors (Lipinski definition) is 4. The number of nitrogens with zero attached hydrogens (tertiary/aromatic N) is 2. The summed E-state index contributed by atoms with van der Waals surface area (Å²) in [6.07, 6.45) is 3.73. The summed E-state index contributed by atoms with van der Waals surface area (Å²) >= 11 is 0. The van der Waals surface area contributed by atoms with E-state index in [-0.39, 0.29) is 23.6 Å². The van der Waals surface area contributed by atoms with Crippen LogP contribution in [-0.4, -0.2) is 44.3 Å². The minimum Gasteiger partial charge on any atom is -0.379 e. The fourth-order valence-electron chi connectivity index (χ4n) is 4.26. The van der Waals surface area contributed by atoms with Crippen molar-refractivity contribution in [2.24, 2.45) is 16.7 Å². The van der Waals surface area contributed by atoms with Crippen molar-refractivity contribution in [1.82, 2.24) is 4.31 Å². The molecule has 118 valence electrons. The molecule has 0 aromatic heterocycles. The third-order valence-corrected chi connectivity index (χ3v) is 7.78. The molecule has 0 aromatic rings. The van der Waals surface area contributed by atoms with Crippen molar-refractivity contribution in [1.29, 1.82) is 5.26 Å². The number of sulfonamides is 1. The molecule has 2 saturated heterocycles. The molecule has 0 unspecified atom stereocenters. The van der Waals surface area contributed by atoms with Gasteiger partial charge in [-0.15, -0.1) is 0 Å². The molecule has 2 heterocycles. The van der Waals surface area contributed by atoms with E-state index in [9.17, 15) is 8.42 Å². The van der Waals surface area contributed by atoms with Gasteiger partial charge in [0, 0.05) is 18.9 Å². The average molecular weight is 312 g/mol. The summed E-state index contributed by atoms with van der Waals surface area (Å²) in [6, 6.07) is 2.12. The fourth-order valence-corrected chi connectivity index (χ4v) is 6.59. The van der Waals surface area contributed by atoms with E-state index >= 15 is 0 Å². The van der Waals surface area contributed by atoms with E-state index in [1.807, 2.05) is 13.8 Å². The molecule has 1 aliphatic carbocycles. The molecule has 6 heteroatoms. The van der Waals surface area contributed by atoms with Crippen molar-refractivity contribution < 1.29 is 13.2 Å². The van der Waals surface area contributed by atoms with Crippen molar-refractivity contribution in [3.63, 3.8) is 0 Å². The maximum atomic E-state index is 12.9. The topological polar surface area (TPSA) is 70.4 Å². The van der Waals surface area contributed by atoms with Crippen LogP contribution in [0.25, 0.3) is 0 Å². The summed E-state index contributed by atoms with van der Waals surface area (Å²) in [5.74, 6) is 0.424.